The van der Waals surface area contributed by atoms with E-state index in [1.54, 1.807) is 0 Å². The van der Waals surface area contributed by atoms with Gasteiger partial charge in [0.1, 0.15) is 0 Å². The summed E-state index contributed by atoms with van der Waals surface area (Å²) in [4.78, 5) is 2.32. The highest BCUT2D eigenvalue weighted by Gasteiger charge is 2.10. The van der Waals surface area contributed by atoms with Crippen LogP contribution >= 0.6 is 0 Å². The molecule has 1 aliphatic rings. The molecule has 1 unspecified atom stereocenters. The van der Waals surface area contributed by atoms with Gasteiger partial charge in [0.2, 0.25) is 0 Å². The van der Waals surface area contributed by atoms with Gasteiger partial charge in [-0.25, -0.2) is 0 Å². The number of benzene rings is 1. The van der Waals surface area contributed by atoms with E-state index in [2.05, 4.69) is 55.3 Å². The molecule has 0 bridgehead atoms. The molecule has 1 aromatic carbocycles. The molecule has 1 heterocycles. The van der Waals surface area contributed by atoms with Crippen LogP contribution in [0.25, 0.3) is 6.08 Å². The molecular weight excluding hydrogens is 182 g/mol. The lowest BCUT2D eigenvalue weighted by atomic mass is 10.1. The maximum Gasteiger partial charge on any atom is 0.0437 e. The Morgan fingerprint density at radius 3 is 2.60 bits per heavy atom. The van der Waals surface area contributed by atoms with Crippen molar-refractivity contribution in [2.45, 2.75) is 20.8 Å². The average Bonchev–Trinajstić information content (AvgIpc) is 2.42. The topological polar surface area (TPSA) is 3.24 Å². The minimum Gasteiger partial charge on any atom is -0.374 e. The second-order valence-corrected chi connectivity index (χ2v) is 3.78. The SMILES string of the molecule is CC.CC1C=Cc2ccccc2N(C)C1. The third kappa shape index (κ3) is 2.85. The first-order valence-electron chi connectivity index (χ1n) is 5.76. The molecule has 0 saturated heterocycles. The molecule has 1 aliphatic heterocycles. The Labute approximate surface area is 93.4 Å². The molecule has 0 saturated carbocycles. The van der Waals surface area contributed by atoms with Crippen molar-refractivity contribution < 1.29 is 0 Å². The Morgan fingerprint density at radius 1 is 1.20 bits per heavy atom. The maximum atomic E-state index is 2.32. The van der Waals surface area contributed by atoms with E-state index in [1.165, 1.54) is 11.3 Å². The van der Waals surface area contributed by atoms with Gasteiger partial charge in [-0.1, -0.05) is 51.1 Å². The van der Waals surface area contributed by atoms with E-state index in [0.29, 0.717) is 5.92 Å². The molecule has 0 amide bonds. The number of anilines is 1. The number of hydrogen-bond donors (Lipinski definition) is 0. The van der Waals surface area contributed by atoms with Crippen molar-refractivity contribution in [2.75, 3.05) is 18.5 Å². The number of fused-ring (bicyclic) bond motifs is 1. The molecule has 0 spiro atoms. The van der Waals surface area contributed by atoms with Crippen LogP contribution in [0.3, 0.4) is 0 Å². The van der Waals surface area contributed by atoms with Crippen LogP contribution in [-0.4, -0.2) is 13.6 Å². The van der Waals surface area contributed by atoms with E-state index >= 15 is 0 Å². The van der Waals surface area contributed by atoms with Crippen molar-refractivity contribution >= 4 is 11.8 Å². The van der Waals surface area contributed by atoms with E-state index < -0.39 is 0 Å². The van der Waals surface area contributed by atoms with E-state index in [4.69, 9.17) is 0 Å². The van der Waals surface area contributed by atoms with Crippen LogP contribution in [0.15, 0.2) is 30.3 Å². The molecule has 1 heteroatoms. The summed E-state index contributed by atoms with van der Waals surface area (Å²) in [5.74, 6) is 0.636. The molecule has 1 nitrogen and oxygen atoms in total. The fourth-order valence-electron chi connectivity index (χ4n) is 1.84. The normalized spacial score (nSPS) is 18.7. The van der Waals surface area contributed by atoms with Crippen LogP contribution in [0.4, 0.5) is 5.69 Å². The average molecular weight is 203 g/mol. The lowest BCUT2D eigenvalue weighted by molar-refractivity contribution is 0.710. The van der Waals surface area contributed by atoms with E-state index in [9.17, 15) is 0 Å². The van der Waals surface area contributed by atoms with Crippen molar-refractivity contribution in [1.29, 1.82) is 0 Å². The van der Waals surface area contributed by atoms with E-state index in [0.717, 1.165) is 6.54 Å². The van der Waals surface area contributed by atoms with E-state index in [1.807, 2.05) is 13.8 Å². The Hall–Kier alpha value is -1.24. The van der Waals surface area contributed by atoms with Gasteiger partial charge in [0.05, 0.1) is 0 Å². The van der Waals surface area contributed by atoms with Gasteiger partial charge >= 0.3 is 0 Å². The zero-order chi connectivity index (χ0) is 11.3. The van der Waals surface area contributed by atoms with Crippen molar-refractivity contribution in [3.05, 3.63) is 35.9 Å². The van der Waals surface area contributed by atoms with Gasteiger partial charge in [0, 0.05) is 19.3 Å². The summed E-state index contributed by atoms with van der Waals surface area (Å²) >= 11 is 0. The summed E-state index contributed by atoms with van der Waals surface area (Å²) < 4.78 is 0. The first kappa shape index (κ1) is 11.8. The van der Waals surface area contributed by atoms with Crippen LogP contribution in [0.2, 0.25) is 0 Å². The van der Waals surface area contributed by atoms with Gasteiger partial charge in [-0.15, -0.1) is 0 Å². The second kappa shape index (κ2) is 5.59. The first-order chi connectivity index (χ1) is 7.27. The van der Waals surface area contributed by atoms with Gasteiger partial charge in [0.25, 0.3) is 0 Å². The van der Waals surface area contributed by atoms with Crippen molar-refractivity contribution in [3.63, 3.8) is 0 Å². The van der Waals surface area contributed by atoms with Crippen molar-refractivity contribution in [2.24, 2.45) is 5.92 Å². The van der Waals surface area contributed by atoms with Crippen LogP contribution in [0.1, 0.15) is 26.3 Å². The predicted molar refractivity (Wildman–Crippen MR) is 69.3 cm³/mol. The first-order valence-corrected chi connectivity index (χ1v) is 5.76. The van der Waals surface area contributed by atoms with E-state index in [-0.39, 0.29) is 0 Å². The van der Waals surface area contributed by atoms with Crippen molar-refractivity contribution in [1.82, 2.24) is 0 Å². The van der Waals surface area contributed by atoms with Gasteiger partial charge < -0.3 is 4.90 Å². The third-order valence-electron chi connectivity index (χ3n) is 2.51. The van der Waals surface area contributed by atoms with Crippen LogP contribution in [0.5, 0.6) is 0 Å². The zero-order valence-electron chi connectivity index (χ0n) is 10.2. The molecule has 0 aliphatic carbocycles. The fraction of sp³-hybridized carbons (Fsp3) is 0.429. The summed E-state index contributed by atoms with van der Waals surface area (Å²) in [6, 6.07) is 8.53. The molecule has 0 fully saturated rings. The zero-order valence-corrected chi connectivity index (χ0v) is 10.2. The van der Waals surface area contributed by atoms with Crippen LogP contribution in [0, 0.1) is 5.92 Å². The molecule has 0 aromatic heterocycles. The maximum absolute atomic E-state index is 2.32. The molecule has 15 heavy (non-hydrogen) atoms. The Kier molecular flexibility index (Phi) is 4.41. The molecule has 0 radical (unpaired) electrons. The Balaban J connectivity index is 0.000000531. The quantitative estimate of drug-likeness (QED) is 0.619. The summed E-state index contributed by atoms with van der Waals surface area (Å²) in [5.41, 5.74) is 2.66. The summed E-state index contributed by atoms with van der Waals surface area (Å²) in [5, 5.41) is 0. The standard InChI is InChI=1S/C12H15N.C2H6/c1-10-7-8-11-5-3-4-6-12(11)13(2)9-10;1-2/h3-8,10H,9H2,1-2H3;1-2H3. The minimum atomic E-state index is 0.636. The summed E-state index contributed by atoms with van der Waals surface area (Å²) in [7, 11) is 2.16. The molecular formula is C14H21N. The molecule has 82 valence electrons. The number of nitrogens with zero attached hydrogens (tertiary/aromatic N) is 1. The minimum absolute atomic E-state index is 0.636. The Morgan fingerprint density at radius 2 is 1.87 bits per heavy atom. The van der Waals surface area contributed by atoms with Crippen LogP contribution < -0.4 is 4.90 Å². The third-order valence-corrected chi connectivity index (χ3v) is 2.51. The second-order valence-electron chi connectivity index (χ2n) is 3.78. The molecule has 2 rings (SSSR count). The number of rotatable bonds is 0. The molecule has 1 aromatic rings. The van der Waals surface area contributed by atoms with Crippen molar-refractivity contribution in [3.8, 4) is 0 Å². The van der Waals surface area contributed by atoms with Crippen LogP contribution in [-0.2, 0) is 0 Å². The number of hydrogen-bond acceptors (Lipinski definition) is 1. The smallest absolute Gasteiger partial charge is 0.0437 e. The number of para-hydroxylation sites is 1. The molecule has 1 atom stereocenters. The van der Waals surface area contributed by atoms with Gasteiger partial charge in [-0.05, 0) is 17.5 Å². The highest BCUT2D eigenvalue weighted by atomic mass is 15.1. The monoisotopic (exact) mass is 203 g/mol. The Bertz CT molecular complexity index is 328. The highest BCUT2D eigenvalue weighted by molar-refractivity contribution is 5.68. The van der Waals surface area contributed by atoms with Gasteiger partial charge in [-0.3, -0.25) is 0 Å². The predicted octanol–water partition coefficient (Wildman–Crippen LogP) is 3.81. The lowest BCUT2D eigenvalue weighted by Crippen LogP contribution is -2.22. The summed E-state index contributed by atoms with van der Waals surface area (Å²) in [6.45, 7) is 7.35. The highest BCUT2D eigenvalue weighted by Crippen LogP contribution is 2.24. The summed E-state index contributed by atoms with van der Waals surface area (Å²) in [6.07, 6.45) is 4.51. The lowest BCUT2D eigenvalue weighted by Gasteiger charge is -2.21. The largest absolute Gasteiger partial charge is 0.374 e. The fourth-order valence-corrected chi connectivity index (χ4v) is 1.84. The van der Waals surface area contributed by atoms with Gasteiger partial charge in [0.15, 0.2) is 0 Å². The molecule has 0 N–H and O–H groups in total. The van der Waals surface area contributed by atoms with Gasteiger partial charge in [-0.2, -0.15) is 0 Å².